The topological polar surface area (TPSA) is 52.0 Å². The number of aryl methyl sites for hydroxylation is 2. The second-order valence-electron chi connectivity index (χ2n) is 4.86. The Morgan fingerprint density at radius 2 is 1.81 bits per heavy atom. The maximum atomic E-state index is 6.05. The molecule has 3 aromatic rings. The second kappa shape index (κ2) is 6.02. The molecular weight excluding hydrogens is 284 g/mol. The number of hydrogen-bond acceptors (Lipinski definition) is 3. The van der Waals surface area contributed by atoms with Crippen LogP contribution in [0.4, 0.5) is 5.82 Å². The van der Waals surface area contributed by atoms with Crippen LogP contribution in [0, 0.1) is 0 Å². The van der Waals surface area contributed by atoms with Crippen molar-refractivity contribution >= 4 is 17.4 Å². The number of rotatable bonds is 4. The zero-order valence-corrected chi connectivity index (χ0v) is 12.2. The van der Waals surface area contributed by atoms with Crippen LogP contribution < -0.4 is 5.73 Å². The van der Waals surface area contributed by atoms with Gasteiger partial charge < -0.3 is 10.3 Å². The molecule has 0 saturated carbocycles. The summed E-state index contributed by atoms with van der Waals surface area (Å²) in [4.78, 5) is 0. The number of nitrogens with zero attached hydrogens (tertiary/aromatic N) is 1. The van der Waals surface area contributed by atoms with Gasteiger partial charge in [0.25, 0.3) is 0 Å². The number of nitrogen functional groups attached to an aromatic ring is 1. The monoisotopic (exact) mass is 298 g/mol. The van der Waals surface area contributed by atoms with E-state index in [0.29, 0.717) is 10.8 Å². The van der Waals surface area contributed by atoms with Crippen LogP contribution in [0.5, 0.6) is 0 Å². The third-order valence-corrected chi connectivity index (χ3v) is 3.62. The fraction of sp³-hybridized carbons (Fsp3) is 0.118. The van der Waals surface area contributed by atoms with Crippen molar-refractivity contribution in [3.8, 4) is 11.1 Å². The average Bonchev–Trinajstić information content (AvgIpc) is 2.87. The molecule has 0 fully saturated rings. The third-order valence-electron chi connectivity index (χ3n) is 3.39. The standard InChI is InChI=1S/C17H15ClN2O/c18-14-8-4-7-13(11-14)16-15(21-20-17(16)19)10-9-12-5-2-1-3-6-12/h1-8,11H,9-10H2,(H2,19,20). The van der Waals surface area contributed by atoms with Gasteiger partial charge in [0.15, 0.2) is 5.82 Å². The van der Waals surface area contributed by atoms with Crippen molar-refractivity contribution in [2.24, 2.45) is 0 Å². The Morgan fingerprint density at radius 3 is 2.57 bits per heavy atom. The van der Waals surface area contributed by atoms with Crippen LogP contribution in [0.25, 0.3) is 11.1 Å². The number of benzene rings is 2. The van der Waals surface area contributed by atoms with Gasteiger partial charge in [-0.05, 0) is 29.7 Å². The predicted octanol–water partition coefficient (Wildman–Crippen LogP) is 4.36. The first-order chi connectivity index (χ1) is 10.2. The Hall–Kier alpha value is -2.26. The van der Waals surface area contributed by atoms with E-state index in [4.69, 9.17) is 21.9 Å². The lowest BCUT2D eigenvalue weighted by Gasteiger charge is -2.04. The number of anilines is 1. The van der Waals surface area contributed by atoms with Gasteiger partial charge in [-0.3, -0.25) is 0 Å². The van der Waals surface area contributed by atoms with Crippen molar-refractivity contribution in [1.82, 2.24) is 5.16 Å². The van der Waals surface area contributed by atoms with E-state index in [1.165, 1.54) is 5.56 Å². The van der Waals surface area contributed by atoms with Crippen LogP contribution in [0.3, 0.4) is 0 Å². The van der Waals surface area contributed by atoms with Gasteiger partial charge in [0.1, 0.15) is 5.76 Å². The van der Waals surface area contributed by atoms with Crippen molar-refractivity contribution in [1.29, 1.82) is 0 Å². The molecule has 2 N–H and O–H groups in total. The SMILES string of the molecule is Nc1noc(CCc2ccccc2)c1-c1cccc(Cl)c1. The summed E-state index contributed by atoms with van der Waals surface area (Å²) in [7, 11) is 0. The molecule has 3 rings (SSSR count). The van der Waals surface area contributed by atoms with E-state index in [2.05, 4.69) is 17.3 Å². The summed E-state index contributed by atoms with van der Waals surface area (Å²) < 4.78 is 5.39. The lowest BCUT2D eigenvalue weighted by atomic mass is 10.0. The molecule has 0 aliphatic rings. The molecule has 0 atom stereocenters. The summed E-state index contributed by atoms with van der Waals surface area (Å²) >= 11 is 6.05. The molecule has 106 valence electrons. The molecule has 21 heavy (non-hydrogen) atoms. The quantitative estimate of drug-likeness (QED) is 0.778. The minimum Gasteiger partial charge on any atom is -0.380 e. The van der Waals surface area contributed by atoms with E-state index in [1.54, 1.807) is 0 Å². The molecule has 3 nitrogen and oxygen atoms in total. The summed E-state index contributed by atoms with van der Waals surface area (Å²) in [5.74, 6) is 1.19. The third kappa shape index (κ3) is 3.09. The van der Waals surface area contributed by atoms with E-state index in [-0.39, 0.29) is 0 Å². The molecule has 0 aliphatic carbocycles. The number of halogens is 1. The van der Waals surface area contributed by atoms with E-state index in [0.717, 1.165) is 29.7 Å². The Labute approximate surface area is 128 Å². The molecule has 0 bridgehead atoms. The van der Waals surface area contributed by atoms with Gasteiger partial charge in [-0.2, -0.15) is 0 Å². The van der Waals surface area contributed by atoms with Gasteiger partial charge in [-0.1, -0.05) is 59.2 Å². The Balaban J connectivity index is 1.87. The van der Waals surface area contributed by atoms with Crippen molar-refractivity contribution in [3.05, 3.63) is 70.9 Å². The molecule has 0 spiro atoms. The molecule has 0 aliphatic heterocycles. The molecule has 1 aromatic heterocycles. The average molecular weight is 299 g/mol. The molecule has 1 heterocycles. The highest BCUT2D eigenvalue weighted by molar-refractivity contribution is 6.30. The fourth-order valence-electron chi connectivity index (χ4n) is 2.36. The zero-order chi connectivity index (χ0) is 14.7. The van der Waals surface area contributed by atoms with E-state index < -0.39 is 0 Å². The van der Waals surface area contributed by atoms with Crippen LogP contribution in [0.2, 0.25) is 5.02 Å². The predicted molar refractivity (Wildman–Crippen MR) is 85.2 cm³/mol. The summed E-state index contributed by atoms with van der Waals surface area (Å²) in [5, 5.41) is 4.56. The van der Waals surface area contributed by atoms with E-state index in [1.807, 2.05) is 42.5 Å². The highest BCUT2D eigenvalue weighted by Gasteiger charge is 2.16. The number of hydrogen-bond donors (Lipinski definition) is 1. The first-order valence-electron chi connectivity index (χ1n) is 6.78. The van der Waals surface area contributed by atoms with Gasteiger partial charge in [-0.15, -0.1) is 0 Å². The van der Waals surface area contributed by atoms with Gasteiger partial charge >= 0.3 is 0 Å². The first kappa shape index (κ1) is 13.7. The van der Waals surface area contributed by atoms with Crippen molar-refractivity contribution in [3.63, 3.8) is 0 Å². The molecule has 4 heteroatoms. The molecule has 0 radical (unpaired) electrons. The van der Waals surface area contributed by atoms with Gasteiger partial charge in [-0.25, -0.2) is 0 Å². The fourth-order valence-corrected chi connectivity index (χ4v) is 2.55. The Bertz CT molecular complexity index is 738. The summed E-state index contributed by atoms with van der Waals surface area (Å²) in [6.45, 7) is 0. The minimum absolute atomic E-state index is 0.403. The van der Waals surface area contributed by atoms with Crippen molar-refractivity contribution in [2.75, 3.05) is 5.73 Å². The summed E-state index contributed by atoms with van der Waals surface area (Å²) in [6, 6.07) is 17.8. The summed E-state index contributed by atoms with van der Waals surface area (Å²) in [6.07, 6.45) is 1.62. The lowest BCUT2D eigenvalue weighted by molar-refractivity contribution is 0.386. The number of aromatic nitrogens is 1. The zero-order valence-electron chi connectivity index (χ0n) is 11.4. The molecule has 0 unspecified atom stereocenters. The summed E-state index contributed by atoms with van der Waals surface area (Å²) in [5.41, 5.74) is 8.97. The Morgan fingerprint density at radius 1 is 1.00 bits per heavy atom. The van der Waals surface area contributed by atoms with E-state index >= 15 is 0 Å². The van der Waals surface area contributed by atoms with Crippen LogP contribution in [-0.2, 0) is 12.8 Å². The largest absolute Gasteiger partial charge is 0.380 e. The Kier molecular flexibility index (Phi) is 3.93. The van der Waals surface area contributed by atoms with Crippen LogP contribution >= 0.6 is 11.6 Å². The van der Waals surface area contributed by atoms with Crippen LogP contribution in [0.15, 0.2) is 59.1 Å². The smallest absolute Gasteiger partial charge is 0.175 e. The van der Waals surface area contributed by atoms with Gasteiger partial charge in [0.2, 0.25) is 0 Å². The first-order valence-corrected chi connectivity index (χ1v) is 7.16. The lowest BCUT2D eigenvalue weighted by Crippen LogP contribution is -1.94. The van der Waals surface area contributed by atoms with Crippen molar-refractivity contribution < 1.29 is 4.52 Å². The molecular formula is C17H15ClN2O. The van der Waals surface area contributed by atoms with E-state index in [9.17, 15) is 0 Å². The molecule has 0 amide bonds. The van der Waals surface area contributed by atoms with Gasteiger partial charge in [0.05, 0.1) is 5.56 Å². The maximum Gasteiger partial charge on any atom is 0.175 e. The number of nitrogens with two attached hydrogens (primary N) is 1. The highest BCUT2D eigenvalue weighted by Crippen LogP contribution is 2.31. The minimum atomic E-state index is 0.403. The normalized spacial score (nSPS) is 10.7. The maximum absolute atomic E-state index is 6.05. The van der Waals surface area contributed by atoms with Crippen molar-refractivity contribution in [2.45, 2.75) is 12.8 Å². The van der Waals surface area contributed by atoms with Crippen LogP contribution in [-0.4, -0.2) is 5.16 Å². The van der Waals surface area contributed by atoms with Gasteiger partial charge in [0, 0.05) is 11.4 Å². The van der Waals surface area contributed by atoms with Crippen LogP contribution in [0.1, 0.15) is 11.3 Å². The molecule has 0 saturated heterocycles. The molecule has 2 aromatic carbocycles. The second-order valence-corrected chi connectivity index (χ2v) is 5.30. The highest BCUT2D eigenvalue weighted by atomic mass is 35.5.